The molecule has 0 aliphatic carbocycles. The second-order valence-electron chi connectivity index (χ2n) is 8.13. The molecule has 1 N–H and O–H groups in total. The number of carbonyl (C=O) groups is 2. The zero-order valence-corrected chi connectivity index (χ0v) is 21.9. The van der Waals surface area contributed by atoms with E-state index in [1.54, 1.807) is 16.7 Å². The first-order valence-corrected chi connectivity index (χ1v) is 13.5. The zero-order chi connectivity index (χ0) is 24.2. The van der Waals surface area contributed by atoms with E-state index in [2.05, 4.69) is 33.4 Å². The van der Waals surface area contributed by atoms with Gasteiger partial charge in [-0.05, 0) is 35.2 Å². The number of nitrogens with one attached hydrogen (secondary N) is 1. The van der Waals surface area contributed by atoms with Crippen LogP contribution in [-0.4, -0.2) is 35.1 Å². The van der Waals surface area contributed by atoms with Crippen LogP contribution in [0.15, 0.2) is 89.4 Å². The lowest BCUT2D eigenvalue weighted by molar-refractivity contribution is -0.139. The van der Waals surface area contributed by atoms with Crippen LogP contribution in [0.3, 0.4) is 0 Å². The van der Waals surface area contributed by atoms with E-state index in [4.69, 9.17) is 0 Å². The lowest BCUT2D eigenvalue weighted by Gasteiger charge is -2.31. The summed E-state index contributed by atoms with van der Waals surface area (Å²) in [6, 6.07) is 27.3. The first-order chi connectivity index (χ1) is 16.6. The number of halogens is 1. The number of rotatable bonds is 12. The summed E-state index contributed by atoms with van der Waals surface area (Å²) in [7, 11) is 0. The summed E-state index contributed by atoms with van der Waals surface area (Å²) in [4.78, 5) is 28.6. The van der Waals surface area contributed by atoms with Crippen molar-refractivity contribution in [3.05, 3.63) is 106 Å². The van der Waals surface area contributed by atoms with Crippen molar-refractivity contribution in [3.63, 3.8) is 0 Å². The maximum absolute atomic E-state index is 13.5. The van der Waals surface area contributed by atoms with Crippen LogP contribution in [0.4, 0.5) is 0 Å². The fourth-order valence-electron chi connectivity index (χ4n) is 3.67. The van der Waals surface area contributed by atoms with Gasteiger partial charge in [0.05, 0.1) is 5.75 Å². The molecule has 34 heavy (non-hydrogen) atoms. The van der Waals surface area contributed by atoms with Gasteiger partial charge in [-0.3, -0.25) is 9.59 Å². The summed E-state index contributed by atoms with van der Waals surface area (Å²) in [6.45, 7) is 2.99. The first-order valence-electron chi connectivity index (χ1n) is 11.5. The molecule has 4 nitrogen and oxygen atoms in total. The van der Waals surface area contributed by atoms with Gasteiger partial charge in [-0.15, -0.1) is 11.8 Å². The maximum Gasteiger partial charge on any atom is 0.243 e. The Morgan fingerprint density at radius 1 is 0.912 bits per heavy atom. The fraction of sp³-hybridized carbons (Fsp3) is 0.286. The van der Waals surface area contributed by atoms with E-state index in [-0.39, 0.29) is 11.8 Å². The fourth-order valence-corrected chi connectivity index (χ4v) is 4.98. The van der Waals surface area contributed by atoms with Gasteiger partial charge in [0.2, 0.25) is 11.8 Å². The van der Waals surface area contributed by atoms with Crippen molar-refractivity contribution in [2.24, 2.45) is 0 Å². The standard InChI is InChI=1S/C28H31BrN2O2S/c1-2-16-30-28(33)26(18-22-10-5-3-6-11-22)31(19-24-14-9-15-25(29)17-24)27(32)21-34-20-23-12-7-4-8-13-23/h3-15,17,26H,2,16,18-21H2,1H3,(H,30,33). The van der Waals surface area contributed by atoms with Crippen molar-refractivity contribution in [1.82, 2.24) is 10.2 Å². The molecule has 0 saturated carbocycles. The average Bonchev–Trinajstić information content (AvgIpc) is 2.86. The molecule has 0 heterocycles. The Morgan fingerprint density at radius 2 is 1.56 bits per heavy atom. The van der Waals surface area contributed by atoms with Crippen molar-refractivity contribution in [3.8, 4) is 0 Å². The van der Waals surface area contributed by atoms with E-state index in [1.165, 1.54) is 5.56 Å². The van der Waals surface area contributed by atoms with E-state index in [1.807, 2.05) is 79.7 Å². The highest BCUT2D eigenvalue weighted by Gasteiger charge is 2.30. The van der Waals surface area contributed by atoms with Gasteiger partial charge in [-0.1, -0.05) is 95.7 Å². The molecule has 0 saturated heterocycles. The van der Waals surface area contributed by atoms with Gasteiger partial charge in [0.15, 0.2) is 0 Å². The summed E-state index contributed by atoms with van der Waals surface area (Å²) < 4.78 is 0.950. The molecule has 1 atom stereocenters. The van der Waals surface area contributed by atoms with Gasteiger partial charge in [0, 0.05) is 29.7 Å². The lowest BCUT2D eigenvalue weighted by Crippen LogP contribution is -2.51. The second kappa shape index (κ2) is 14.0. The van der Waals surface area contributed by atoms with Crippen molar-refractivity contribution in [1.29, 1.82) is 0 Å². The lowest BCUT2D eigenvalue weighted by atomic mass is 10.0. The van der Waals surface area contributed by atoms with E-state index in [0.29, 0.717) is 25.3 Å². The minimum atomic E-state index is -0.585. The van der Waals surface area contributed by atoms with E-state index < -0.39 is 6.04 Å². The van der Waals surface area contributed by atoms with Crippen molar-refractivity contribution in [2.45, 2.75) is 38.1 Å². The summed E-state index contributed by atoms with van der Waals surface area (Å²) in [6.07, 6.45) is 1.32. The molecule has 6 heteroatoms. The van der Waals surface area contributed by atoms with Gasteiger partial charge in [0.25, 0.3) is 0 Å². The van der Waals surface area contributed by atoms with Crippen LogP contribution >= 0.6 is 27.7 Å². The molecule has 0 radical (unpaired) electrons. The van der Waals surface area contributed by atoms with Gasteiger partial charge >= 0.3 is 0 Å². The maximum atomic E-state index is 13.5. The number of benzene rings is 3. The smallest absolute Gasteiger partial charge is 0.243 e. The van der Waals surface area contributed by atoms with Gasteiger partial charge in [0.1, 0.15) is 6.04 Å². The van der Waals surface area contributed by atoms with Crippen LogP contribution in [0.5, 0.6) is 0 Å². The SMILES string of the molecule is CCCNC(=O)C(Cc1ccccc1)N(Cc1cccc(Br)c1)C(=O)CSCc1ccccc1. The molecular formula is C28H31BrN2O2S. The highest BCUT2D eigenvalue weighted by atomic mass is 79.9. The molecule has 3 aromatic carbocycles. The van der Waals surface area contributed by atoms with Crippen LogP contribution in [0.25, 0.3) is 0 Å². The number of thioether (sulfide) groups is 1. The number of carbonyl (C=O) groups excluding carboxylic acids is 2. The zero-order valence-electron chi connectivity index (χ0n) is 19.5. The Hall–Kier alpha value is -2.57. The molecule has 0 fully saturated rings. The monoisotopic (exact) mass is 538 g/mol. The van der Waals surface area contributed by atoms with Crippen molar-refractivity contribution in [2.75, 3.05) is 12.3 Å². The van der Waals surface area contributed by atoms with Crippen LogP contribution in [0.1, 0.15) is 30.0 Å². The molecule has 178 valence electrons. The van der Waals surface area contributed by atoms with Crippen LogP contribution < -0.4 is 5.32 Å². The summed E-state index contributed by atoms with van der Waals surface area (Å²) in [5, 5.41) is 3.02. The molecule has 3 aromatic rings. The Labute approximate surface area is 215 Å². The van der Waals surface area contributed by atoms with E-state index >= 15 is 0 Å². The molecule has 1 unspecified atom stereocenters. The Morgan fingerprint density at radius 3 is 2.21 bits per heavy atom. The largest absolute Gasteiger partial charge is 0.354 e. The first kappa shape index (κ1) is 26.0. The predicted molar refractivity (Wildman–Crippen MR) is 145 cm³/mol. The van der Waals surface area contributed by atoms with E-state index in [0.717, 1.165) is 27.8 Å². The minimum absolute atomic E-state index is 0.0338. The van der Waals surface area contributed by atoms with Crippen LogP contribution in [0.2, 0.25) is 0 Å². The predicted octanol–water partition coefficient (Wildman–Crippen LogP) is 5.85. The normalized spacial score (nSPS) is 11.6. The second-order valence-corrected chi connectivity index (χ2v) is 10.0. The number of nitrogens with zero attached hydrogens (tertiary/aromatic N) is 1. The quantitative estimate of drug-likeness (QED) is 0.314. The van der Waals surface area contributed by atoms with Gasteiger partial charge in [-0.2, -0.15) is 0 Å². The van der Waals surface area contributed by atoms with Crippen molar-refractivity contribution < 1.29 is 9.59 Å². The molecule has 0 bridgehead atoms. The van der Waals surface area contributed by atoms with Crippen molar-refractivity contribution >= 4 is 39.5 Å². The molecule has 0 spiro atoms. The molecule has 0 aliphatic rings. The van der Waals surface area contributed by atoms with E-state index in [9.17, 15) is 9.59 Å². The van der Waals surface area contributed by atoms with Crippen LogP contribution in [0, 0.1) is 0 Å². The molecule has 0 aromatic heterocycles. The summed E-state index contributed by atoms with van der Waals surface area (Å²) in [5.74, 6) is 0.924. The third-order valence-corrected chi connectivity index (χ3v) is 6.88. The third kappa shape index (κ3) is 8.33. The number of hydrogen-bond acceptors (Lipinski definition) is 3. The topological polar surface area (TPSA) is 49.4 Å². The Bertz CT molecular complexity index is 1050. The molecule has 0 aliphatic heterocycles. The highest BCUT2D eigenvalue weighted by Crippen LogP contribution is 2.20. The van der Waals surface area contributed by atoms with Crippen LogP contribution in [-0.2, 0) is 28.3 Å². The summed E-state index contributed by atoms with van der Waals surface area (Å²) in [5.41, 5.74) is 3.20. The Kier molecular flexibility index (Phi) is 10.7. The molecular weight excluding hydrogens is 508 g/mol. The summed E-state index contributed by atoms with van der Waals surface area (Å²) >= 11 is 5.10. The molecule has 2 amide bonds. The number of hydrogen-bond donors (Lipinski definition) is 1. The minimum Gasteiger partial charge on any atom is -0.354 e. The van der Waals surface area contributed by atoms with Gasteiger partial charge in [-0.25, -0.2) is 0 Å². The Balaban J connectivity index is 1.83. The third-order valence-electron chi connectivity index (χ3n) is 5.40. The molecule has 3 rings (SSSR count). The highest BCUT2D eigenvalue weighted by molar-refractivity contribution is 9.10. The average molecular weight is 540 g/mol. The van der Waals surface area contributed by atoms with Gasteiger partial charge < -0.3 is 10.2 Å². The number of amides is 2.